The van der Waals surface area contributed by atoms with E-state index in [2.05, 4.69) is 44.0 Å². The van der Waals surface area contributed by atoms with Gasteiger partial charge in [-0.25, -0.2) is 0 Å². The van der Waals surface area contributed by atoms with E-state index < -0.39 is 0 Å². The van der Waals surface area contributed by atoms with Crippen LogP contribution in [-0.2, 0) is 6.54 Å². The molecule has 0 radical (unpaired) electrons. The molecule has 3 aromatic rings. The fourth-order valence-corrected chi connectivity index (χ4v) is 2.27. The van der Waals surface area contributed by atoms with Crippen LogP contribution in [0.15, 0.2) is 42.7 Å². The standard InChI is InChI=1S/C15H17N5O/c21-15(14-5-7-19-20-14)18-9-8-16-10-11-2-1-3-13-12(11)4-6-17-13/h1-7,16-17H,8-10H2,(H,18,21)(H,19,20). The molecule has 0 aliphatic heterocycles. The highest BCUT2D eigenvalue weighted by Gasteiger charge is 2.05. The number of amides is 1. The summed E-state index contributed by atoms with van der Waals surface area (Å²) in [5, 5.41) is 13.8. The van der Waals surface area contributed by atoms with Crippen molar-refractivity contribution >= 4 is 16.8 Å². The van der Waals surface area contributed by atoms with Crippen LogP contribution in [0, 0.1) is 0 Å². The Balaban J connectivity index is 1.44. The molecule has 0 aliphatic rings. The van der Waals surface area contributed by atoms with Gasteiger partial charge in [0.25, 0.3) is 5.91 Å². The Morgan fingerprint density at radius 3 is 3.00 bits per heavy atom. The Kier molecular flexibility index (Phi) is 3.97. The summed E-state index contributed by atoms with van der Waals surface area (Å²) in [5.74, 6) is -0.137. The van der Waals surface area contributed by atoms with Crippen LogP contribution >= 0.6 is 0 Å². The minimum atomic E-state index is -0.137. The van der Waals surface area contributed by atoms with Crippen molar-refractivity contribution in [2.45, 2.75) is 6.54 Å². The fourth-order valence-electron chi connectivity index (χ4n) is 2.27. The first kappa shape index (κ1) is 13.4. The van der Waals surface area contributed by atoms with Crippen molar-refractivity contribution in [3.8, 4) is 0 Å². The van der Waals surface area contributed by atoms with Crippen molar-refractivity contribution in [1.29, 1.82) is 0 Å². The van der Waals surface area contributed by atoms with Crippen LogP contribution in [0.4, 0.5) is 0 Å². The van der Waals surface area contributed by atoms with Crippen molar-refractivity contribution in [2.24, 2.45) is 0 Å². The molecule has 0 saturated carbocycles. The van der Waals surface area contributed by atoms with Gasteiger partial charge in [0.1, 0.15) is 5.69 Å². The normalized spacial score (nSPS) is 10.9. The zero-order valence-electron chi connectivity index (χ0n) is 11.5. The number of benzene rings is 1. The predicted octanol–water partition coefficient (Wildman–Crippen LogP) is 1.41. The second-order valence-electron chi connectivity index (χ2n) is 4.76. The van der Waals surface area contributed by atoms with E-state index in [1.54, 1.807) is 12.3 Å². The maximum atomic E-state index is 11.7. The fraction of sp³-hybridized carbons (Fsp3) is 0.200. The molecule has 0 aliphatic carbocycles. The second-order valence-corrected chi connectivity index (χ2v) is 4.76. The van der Waals surface area contributed by atoms with E-state index in [0.717, 1.165) is 12.1 Å². The number of aromatic amines is 2. The first-order valence-electron chi connectivity index (χ1n) is 6.88. The molecule has 0 fully saturated rings. The van der Waals surface area contributed by atoms with Crippen molar-refractivity contribution in [2.75, 3.05) is 13.1 Å². The Morgan fingerprint density at radius 1 is 1.19 bits per heavy atom. The van der Waals surface area contributed by atoms with Gasteiger partial charge in [0.15, 0.2) is 0 Å². The van der Waals surface area contributed by atoms with Gasteiger partial charge in [-0.15, -0.1) is 0 Å². The quantitative estimate of drug-likeness (QED) is 0.516. The van der Waals surface area contributed by atoms with Gasteiger partial charge in [0.2, 0.25) is 0 Å². The highest BCUT2D eigenvalue weighted by atomic mass is 16.1. The Hall–Kier alpha value is -2.60. The molecular weight excluding hydrogens is 266 g/mol. The summed E-state index contributed by atoms with van der Waals surface area (Å²) in [4.78, 5) is 14.9. The molecule has 21 heavy (non-hydrogen) atoms. The van der Waals surface area contributed by atoms with E-state index in [9.17, 15) is 4.79 Å². The highest BCUT2D eigenvalue weighted by Crippen LogP contribution is 2.16. The minimum Gasteiger partial charge on any atom is -0.361 e. The molecule has 6 heteroatoms. The molecule has 108 valence electrons. The molecule has 1 amide bonds. The maximum absolute atomic E-state index is 11.7. The lowest BCUT2D eigenvalue weighted by Gasteiger charge is -2.07. The van der Waals surface area contributed by atoms with Crippen molar-refractivity contribution in [1.82, 2.24) is 25.8 Å². The van der Waals surface area contributed by atoms with Gasteiger partial charge in [-0.3, -0.25) is 9.89 Å². The van der Waals surface area contributed by atoms with Crippen molar-refractivity contribution in [3.05, 3.63) is 54.0 Å². The zero-order chi connectivity index (χ0) is 14.5. The SMILES string of the molecule is O=C(NCCNCc1cccc2[nH]ccc12)c1ccn[nH]1. The number of nitrogens with zero attached hydrogens (tertiary/aromatic N) is 1. The molecule has 0 atom stereocenters. The van der Waals surface area contributed by atoms with Crippen LogP contribution in [0.1, 0.15) is 16.1 Å². The average Bonchev–Trinajstić information content (AvgIpc) is 3.18. The zero-order valence-corrected chi connectivity index (χ0v) is 11.5. The lowest BCUT2D eigenvalue weighted by atomic mass is 10.1. The van der Waals surface area contributed by atoms with E-state index in [1.807, 2.05) is 12.3 Å². The molecular formula is C15H17N5O. The first-order chi connectivity index (χ1) is 10.3. The van der Waals surface area contributed by atoms with Crippen molar-refractivity contribution < 1.29 is 4.79 Å². The monoisotopic (exact) mass is 283 g/mol. The van der Waals surface area contributed by atoms with Crippen LogP contribution in [0.25, 0.3) is 10.9 Å². The van der Waals surface area contributed by atoms with E-state index >= 15 is 0 Å². The molecule has 2 aromatic heterocycles. The predicted molar refractivity (Wildman–Crippen MR) is 80.9 cm³/mol. The van der Waals surface area contributed by atoms with Crippen LogP contribution < -0.4 is 10.6 Å². The summed E-state index contributed by atoms with van der Waals surface area (Å²) in [6.07, 6.45) is 3.50. The van der Waals surface area contributed by atoms with Crippen LogP contribution in [0.2, 0.25) is 0 Å². The first-order valence-corrected chi connectivity index (χ1v) is 6.88. The number of H-pyrrole nitrogens is 2. The third-order valence-corrected chi connectivity index (χ3v) is 3.33. The number of aromatic nitrogens is 3. The van der Waals surface area contributed by atoms with Crippen molar-refractivity contribution in [3.63, 3.8) is 0 Å². The van der Waals surface area contributed by atoms with Gasteiger partial charge in [0, 0.05) is 42.9 Å². The Bertz CT molecular complexity index is 717. The molecule has 0 saturated heterocycles. The maximum Gasteiger partial charge on any atom is 0.269 e. The minimum absolute atomic E-state index is 0.137. The summed E-state index contributed by atoms with van der Waals surface area (Å²) in [6, 6.07) is 9.92. The lowest BCUT2D eigenvalue weighted by molar-refractivity contribution is 0.0949. The van der Waals surface area contributed by atoms with E-state index in [4.69, 9.17) is 0 Å². The topological polar surface area (TPSA) is 85.6 Å². The van der Waals surface area contributed by atoms with Crippen LogP contribution in [-0.4, -0.2) is 34.2 Å². The number of hydrogen-bond acceptors (Lipinski definition) is 3. The van der Waals surface area contributed by atoms with Crippen LogP contribution in [0.5, 0.6) is 0 Å². The third-order valence-electron chi connectivity index (χ3n) is 3.33. The molecule has 0 bridgehead atoms. The van der Waals surface area contributed by atoms with Gasteiger partial charge in [-0.2, -0.15) is 5.10 Å². The van der Waals surface area contributed by atoms with Gasteiger partial charge >= 0.3 is 0 Å². The second kappa shape index (κ2) is 6.23. The number of rotatable bonds is 6. The lowest BCUT2D eigenvalue weighted by Crippen LogP contribution is -2.31. The number of carbonyl (C=O) groups excluding carboxylic acids is 1. The molecule has 2 heterocycles. The molecule has 0 unspecified atom stereocenters. The molecule has 4 N–H and O–H groups in total. The van der Waals surface area contributed by atoms with Crippen LogP contribution in [0.3, 0.4) is 0 Å². The summed E-state index contributed by atoms with van der Waals surface area (Å²) in [7, 11) is 0. The van der Waals surface area contributed by atoms with Gasteiger partial charge in [0.05, 0.1) is 0 Å². The Morgan fingerprint density at radius 2 is 2.14 bits per heavy atom. The van der Waals surface area contributed by atoms with Gasteiger partial charge < -0.3 is 15.6 Å². The van der Waals surface area contributed by atoms with Gasteiger partial charge in [-0.05, 0) is 23.8 Å². The van der Waals surface area contributed by atoms with E-state index in [-0.39, 0.29) is 5.91 Å². The third kappa shape index (κ3) is 3.11. The summed E-state index contributed by atoms with van der Waals surface area (Å²) in [5.41, 5.74) is 2.86. The van der Waals surface area contributed by atoms with E-state index in [0.29, 0.717) is 18.8 Å². The summed E-state index contributed by atoms with van der Waals surface area (Å²) < 4.78 is 0. The molecule has 6 nitrogen and oxygen atoms in total. The number of hydrogen-bond donors (Lipinski definition) is 4. The van der Waals surface area contributed by atoms with Gasteiger partial charge in [-0.1, -0.05) is 12.1 Å². The number of carbonyl (C=O) groups is 1. The smallest absolute Gasteiger partial charge is 0.269 e. The average molecular weight is 283 g/mol. The van der Waals surface area contributed by atoms with E-state index in [1.165, 1.54) is 10.9 Å². The summed E-state index contributed by atoms with van der Waals surface area (Å²) in [6.45, 7) is 2.05. The number of fused-ring (bicyclic) bond motifs is 1. The summed E-state index contributed by atoms with van der Waals surface area (Å²) >= 11 is 0. The molecule has 3 rings (SSSR count). The largest absolute Gasteiger partial charge is 0.361 e. The highest BCUT2D eigenvalue weighted by molar-refractivity contribution is 5.92. The Labute approximate surface area is 121 Å². The molecule has 0 spiro atoms. The molecule has 1 aromatic carbocycles. The number of nitrogens with one attached hydrogen (secondary N) is 4.